The lowest BCUT2D eigenvalue weighted by atomic mass is 9.87. The van der Waals surface area contributed by atoms with Gasteiger partial charge in [0, 0.05) is 6.54 Å². The van der Waals surface area contributed by atoms with Gasteiger partial charge in [-0.2, -0.15) is 0 Å². The van der Waals surface area contributed by atoms with Crippen molar-refractivity contribution in [2.75, 3.05) is 13.1 Å². The van der Waals surface area contributed by atoms with Crippen LogP contribution in [0.25, 0.3) is 0 Å². The van der Waals surface area contributed by atoms with Crippen LogP contribution in [0.2, 0.25) is 0 Å². The Balaban J connectivity index is 1.96. The first-order valence-corrected chi connectivity index (χ1v) is 6.38. The predicted octanol–water partition coefficient (Wildman–Crippen LogP) is 1.18. The van der Waals surface area contributed by atoms with Crippen molar-refractivity contribution in [3.63, 3.8) is 0 Å². The Morgan fingerprint density at radius 1 is 1.14 bits per heavy atom. The van der Waals surface area contributed by atoms with E-state index in [2.05, 4.69) is 0 Å². The molecule has 2 N–H and O–H groups in total. The summed E-state index contributed by atoms with van der Waals surface area (Å²) in [5, 5.41) is 18.2. The van der Waals surface area contributed by atoms with E-state index in [1.165, 1.54) is 0 Å². The third-order valence-corrected chi connectivity index (χ3v) is 3.55. The highest BCUT2D eigenvalue weighted by Crippen LogP contribution is 2.31. The van der Waals surface area contributed by atoms with Crippen molar-refractivity contribution in [3.05, 3.63) is 35.9 Å². The number of hydrogen-bond acceptors (Lipinski definition) is 4. The summed E-state index contributed by atoms with van der Waals surface area (Å²) in [5.74, 6) is -2.87. The summed E-state index contributed by atoms with van der Waals surface area (Å²) in [7, 11) is 0. The molecule has 1 heterocycles. The first-order chi connectivity index (χ1) is 9.95. The average molecular weight is 293 g/mol. The molecule has 7 heteroatoms. The van der Waals surface area contributed by atoms with E-state index in [1.54, 1.807) is 24.3 Å². The molecule has 1 aliphatic heterocycles. The smallest absolute Gasteiger partial charge is 0.410 e. The number of carboxylic acids is 2. The van der Waals surface area contributed by atoms with Crippen LogP contribution in [0.5, 0.6) is 0 Å². The number of nitrogens with zero attached hydrogens (tertiary/aromatic N) is 1. The van der Waals surface area contributed by atoms with Gasteiger partial charge >= 0.3 is 18.0 Å². The van der Waals surface area contributed by atoms with Crippen LogP contribution < -0.4 is 0 Å². The van der Waals surface area contributed by atoms with Gasteiger partial charge in [-0.05, 0) is 12.0 Å². The van der Waals surface area contributed by atoms with Crippen molar-refractivity contribution >= 4 is 18.0 Å². The summed E-state index contributed by atoms with van der Waals surface area (Å²) < 4.78 is 5.07. The van der Waals surface area contributed by atoms with Crippen LogP contribution in [-0.2, 0) is 20.9 Å². The van der Waals surface area contributed by atoms with Crippen molar-refractivity contribution in [2.45, 2.75) is 13.0 Å². The fourth-order valence-corrected chi connectivity index (χ4v) is 2.22. The van der Waals surface area contributed by atoms with E-state index in [4.69, 9.17) is 14.9 Å². The zero-order chi connectivity index (χ0) is 15.5. The Hall–Kier alpha value is -2.57. The van der Waals surface area contributed by atoms with Gasteiger partial charge in [-0.15, -0.1) is 0 Å². The fraction of sp³-hybridized carbons (Fsp3) is 0.357. The Kier molecular flexibility index (Phi) is 4.11. The molecule has 0 spiro atoms. The second-order valence-corrected chi connectivity index (χ2v) is 4.90. The highest BCUT2D eigenvalue weighted by Gasteiger charge is 2.53. The molecule has 7 nitrogen and oxygen atoms in total. The molecule has 1 aromatic carbocycles. The van der Waals surface area contributed by atoms with E-state index in [1.807, 2.05) is 6.07 Å². The zero-order valence-electron chi connectivity index (χ0n) is 11.2. The summed E-state index contributed by atoms with van der Waals surface area (Å²) in [6, 6.07) is 9.02. The van der Waals surface area contributed by atoms with Gasteiger partial charge in [0.05, 0.1) is 6.54 Å². The van der Waals surface area contributed by atoms with Crippen molar-refractivity contribution in [2.24, 2.45) is 5.41 Å². The van der Waals surface area contributed by atoms with Crippen LogP contribution >= 0.6 is 0 Å². The van der Waals surface area contributed by atoms with Gasteiger partial charge < -0.3 is 19.8 Å². The van der Waals surface area contributed by atoms with E-state index in [-0.39, 0.29) is 26.1 Å². The maximum Gasteiger partial charge on any atom is 0.410 e. The number of carbonyl (C=O) groups is 3. The van der Waals surface area contributed by atoms with Crippen LogP contribution in [0, 0.1) is 5.41 Å². The lowest BCUT2D eigenvalue weighted by molar-refractivity contribution is -0.163. The number of ether oxygens (including phenoxy) is 1. The third-order valence-electron chi connectivity index (χ3n) is 3.55. The van der Waals surface area contributed by atoms with Gasteiger partial charge in [0.2, 0.25) is 0 Å². The van der Waals surface area contributed by atoms with Crippen molar-refractivity contribution in [1.82, 2.24) is 4.90 Å². The largest absolute Gasteiger partial charge is 0.480 e. The molecule has 1 fully saturated rings. The van der Waals surface area contributed by atoms with Crippen molar-refractivity contribution in [1.29, 1.82) is 0 Å². The maximum atomic E-state index is 11.9. The lowest BCUT2D eigenvalue weighted by Crippen LogP contribution is -2.43. The molecular formula is C14H15NO6. The molecule has 0 unspecified atom stereocenters. The fourth-order valence-electron chi connectivity index (χ4n) is 2.22. The van der Waals surface area contributed by atoms with Crippen LogP contribution in [0.15, 0.2) is 30.3 Å². The molecule has 0 atom stereocenters. The summed E-state index contributed by atoms with van der Waals surface area (Å²) in [5.41, 5.74) is -1.14. The first kappa shape index (κ1) is 14.8. The topological polar surface area (TPSA) is 104 Å². The summed E-state index contributed by atoms with van der Waals surface area (Å²) in [6.45, 7) is -0.277. The highest BCUT2D eigenvalue weighted by molar-refractivity contribution is 5.99. The van der Waals surface area contributed by atoms with E-state index in [0.29, 0.717) is 0 Å². The quantitative estimate of drug-likeness (QED) is 0.808. The second kappa shape index (κ2) is 5.82. The van der Waals surface area contributed by atoms with Crippen LogP contribution in [-0.4, -0.2) is 46.2 Å². The van der Waals surface area contributed by atoms with E-state index < -0.39 is 23.4 Å². The molecule has 1 aromatic rings. The average Bonchev–Trinajstić information content (AvgIpc) is 2.92. The molecule has 1 aliphatic rings. The minimum Gasteiger partial charge on any atom is -0.480 e. The number of carboxylic acid groups (broad SMARTS) is 2. The molecule has 112 valence electrons. The van der Waals surface area contributed by atoms with Gasteiger partial charge in [0.1, 0.15) is 6.61 Å². The Morgan fingerprint density at radius 2 is 1.76 bits per heavy atom. The molecule has 0 saturated carbocycles. The monoisotopic (exact) mass is 293 g/mol. The summed E-state index contributed by atoms with van der Waals surface area (Å²) >= 11 is 0. The van der Waals surface area contributed by atoms with Gasteiger partial charge in [-0.25, -0.2) is 4.79 Å². The standard InChI is InChI=1S/C14H15NO6/c16-11(17)14(12(18)19)6-7-15(9-14)13(20)21-8-10-4-2-1-3-5-10/h1-5H,6-9H2,(H,16,17)(H,18,19). The van der Waals surface area contributed by atoms with Crippen LogP contribution in [0.4, 0.5) is 4.79 Å². The van der Waals surface area contributed by atoms with E-state index in [9.17, 15) is 14.4 Å². The normalized spacial score (nSPS) is 16.5. The Bertz CT molecular complexity index is 542. The van der Waals surface area contributed by atoms with Gasteiger partial charge in [-0.3, -0.25) is 9.59 Å². The minimum absolute atomic E-state index is 0.0478. The molecule has 0 bridgehead atoms. The molecule has 1 amide bonds. The van der Waals surface area contributed by atoms with Crippen molar-refractivity contribution < 1.29 is 29.3 Å². The first-order valence-electron chi connectivity index (χ1n) is 6.38. The van der Waals surface area contributed by atoms with Crippen molar-refractivity contribution in [3.8, 4) is 0 Å². The van der Waals surface area contributed by atoms with Gasteiger partial charge in [0.25, 0.3) is 0 Å². The highest BCUT2D eigenvalue weighted by atomic mass is 16.6. The number of likely N-dealkylation sites (tertiary alicyclic amines) is 1. The van der Waals surface area contributed by atoms with E-state index in [0.717, 1.165) is 10.5 Å². The summed E-state index contributed by atoms with van der Waals surface area (Å²) in [4.78, 5) is 35.3. The van der Waals surface area contributed by atoms with Crippen LogP contribution in [0.1, 0.15) is 12.0 Å². The number of rotatable bonds is 4. The maximum absolute atomic E-state index is 11.9. The SMILES string of the molecule is O=C(OCc1ccccc1)N1CCC(C(=O)O)(C(=O)O)C1. The molecule has 0 radical (unpaired) electrons. The Morgan fingerprint density at radius 3 is 2.29 bits per heavy atom. The number of carbonyl (C=O) groups excluding carboxylic acids is 1. The summed E-state index contributed by atoms with van der Waals surface area (Å²) in [6.07, 6.45) is -0.832. The van der Waals surface area contributed by atoms with Gasteiger partial charge in [-0.1, -0.05) is 30.3 Å². The molecule has 2 rings (SSSR count). The Labute approximate surface area is 120 Å². The number of benzene rings is 1. The predicted molar refractivity (Wildman–Crippen MR) is 70.5 cm³/mol. The third kappa shape index (κ3) is 2.96. The van der Waals surface area contributed by atoms with Crippen LogP contribution in [0.3, 0.4) is 0 Å². The molecule has 0 aliphatic carbocycles. The number of amides is 1. The number of hydrogen-bond donors (Lipinski definition) is 2. The molecular weight excluding hydrogens is 278 g/mol. The zero-order valence-corrected chi connectivity index (χ0v) is 11.2. The second-order valence-electron chi connectivity index (χ2n) is 4.90. The lowest BCUT2D eigenvalue weighted by Gasteiger charge is -2.20. The molecule has 1 saturated heterocycles. The molecule has 21 heavy (non-hydrogen) atoms. The number of aliphatic carboxylic acids is 2. The minimum atomic E-state index is -1.94. The van der Waals surface area contributed by atoms with Gasteiger partial charge in [0.15, 0.2) is 5.41 Å². The molecule has 0 aromatic heterocycles. The van der Waals surface area contributed by atoms with E-state index >= 15 is 0 Å².